The van der Waals surface area contributed by atoms with E-state index in [1.807, 2.05) is 0 Å². The molecule has 0 aliphatic carbocycles. The van der Waals surface area contributed by atoms with Gasteiger partial charge in [0, 0.05) is 17.6 Å². The average Bonchev–Trinajstić information content (AvgIpc) is 2.07. The molecule has 4 heteroatoms. The Labute approximate surface area is 78.2 Å². The molecular weight excluding hydrogens is 172 g/mol. The van der Waals surface area contributed by atoms with Crippen LogP contribution in [0.1, 0.15) is 13.3 Å². The summed E-state index contributed by atoms with van der Waals surface area (Å²) in [6.07, 6.45) is 0.798. The molecule has 2 unspecified atom stereocenters. The van der Waals surface area contributed by atoms with Crippen molar-refractivity contribution in [3.63, 3.8) is 0 Å². The van der Waals surface area contributed by atoms with Gasteiger partial charge in [-0.3, -0.25) is 0 Å². The third-order valence-corrected chi connectivity index (χ3v) is 2.92. The first kappa shape index (κ1) is 11.8. The molecule has 0 amide bonds. The fraction of sp³-hybridized carbons (Fsp3) is 0.875. The van der Waals surface area contributed by atoms with Crippen molar-refractivity contribution in [3.05, 3.63) is 0 Å². The summed E-state index contributed by atoms with van der Waals surface area (Å²) in [7, 11) is 1.78. The summed E-state index contributed by atoms with van der Waals surface area (Å²) >= 11 is 1.71. The van der Waals surface area contributed by atoms with E-state index in [0.29, 0.717) is 5.25 Å². The minimum absolute atomic E-state index is 0.0730. The Kier molecular flexibility index (Phi) is 7.26. The Morgan fingerprint density at radius 2 is 2.33 bits per heavy atom. The zero-order valence-corrected chi connectivity index (χ0v) is 8.40. The summed E-state index contributed by atoms with van der Waals surface area (Å²) in [6, 6.07) is 2.08. The maximum absolute atomic E-state index is 8.62. The van der Waals surface area contributed by atoms with Crippen LogP contribution in [-0.4, -0.2) is 35.8 Å². The van der Waals surface area contributed by atoms with Crippen molar-refractivity contribution in [2.24, 2.45) is 0 Å². The third kappa shape index (κ3) is 5.42. The lowest BCUT2D eigenvalue weighted by Crippen LogP contribution is -2.26. The predicted octanol–water partition coefficient (Wildman–Crippen LogP) is 0.602. The van der Waals surface area contributed by atoms with Crippen LogP contribution in [0, 0.1) is 11.3 Å². The molecule has 0 aromatic rings. The van der Waals surface area contributed by atoms with Crippen molar-refractivity contribution < 1.29 is 5.11 Å². The maximum Gasteiger partial charge on any atom is 0.104 e. The van der Waals surface area contributed by atoms with E-state index < -0.39 is 0 Å². The highest BCUT2D eigenvalue weighted by atomic mass is 32.2. The van der Waals surface area contributed by atoms with E-state index in [0.717, 1.165) is 12.2 Å². The van der Waals surface area contributed by atoms with E-state index >= 15 is 0 Å². The normalized spacial score (nSPS) is 15.2. The van der Waals surface area contributed by atoms with Crippen molar-refractivity contribution in [3.8, 4) is 6.07 Å². The molecule has 0 aliphatic heterocycles. The Balaban J connectivity index is 3.46. The van der Waals surface area contributed by atoms with Crippen LogP contribution in [0.4, 0.5) is 0 Å². The summed E-state index contributed by atoms with van der Waals surface area (Å²) < 4.78 is 0. The van der Waals surface area contributed by atoms with E-state index in [-0.39, 0.29) is 12.6 Å². The molecule has 3 nitrogen and oxygen atoms in total. The van der Waals surface area contributed by atoms with Crippen molar-refractivity contribution in [1.82, 2.24) is 5.32 Å². The first-order valence-electron chi connectivity index (χ1n) is 4.04. The van der Waals surface area contributed by atoms with Gasteiger partial charge in [-0.05, 0) is 13.5 Å². The fourth-order valence-electron chi connectivity index (χ4n) is 0.711. The molecule has 0 fully saturated rings. The molecule has 0 aromatic carbocycles. The largest absolute Gasteiger partial charge is 0.396 e. The topological polar surface area (TPSA) is 56.0 Å². The summed E-state index contributed by atoms with van der Waals surface area (Å²) in [4.78, 5) is 0. The zero-order chi connectivity index (χ0) is 9.40. The summed E-state index contributed by atoms with van der Waals surface area (Å²) in [6.45, 7) is 2.29. The lowest BCUT2D eigenvalue weighted by molar-refractivity contribution is 0.289. The van der Waals surface area contributed by atoms with Crippen LogP contribution < -0.4 is 5.32 Å². The number of aliphatic hydroxyl groups is 1. The van der Waals surface area contributed by atoms with Crippen molar-refractivity contribution in [1.29, 1.82) is 5.26 Å². The van der Waals surface area contributed by atoms with E-state index in [2.05, 4.69) is 18.3 Å². The monoisotopic (exact) mass is 188 g/mol. The number of nitrogens with one attached hydrogen (secondary N) is 1. The molecule has 0 saturated heterocycles. The molecule has 70 valence electrons. The molecule has 0 spiro atoms. The summed E-state index contributed by atoms with van der Waals surface area (Å²) in [5.74, 6) is 0.786. The third-order valence-electron chi connectivity index (χ3n) is 1.59. The maximum atomic E-state index is 8.62. The smallest absolute Gasteiger partial charge is 0.104 e. The molecular formula is C8H16N2OS. The molecule has 12 heavy (non-hydrogen) atoms. The number of rotatable bonds is 6. The van der Waals surface area contributed by atoms with Crippen molar-refractivity contribution >= 4 is 11.8 Å². The lowest BCUT2D eigenvalue weighted by atomic mass is 10.3. The Bertz CT molecular complexity index is 146. The quantitative estimate of drug-likeness (QED) is 0.641. The molecule has 2 atom stereocenters. The second-order valence-electron chi connectivity index (χ2n) is 2.63. The minimum atomic E-state index is -0.0730. The van der Waals surface area contributed by atoms with Crippen LogP contribution in [0.5, 0.6) is 0 Å². The van der Waals surface area contributed by atoms with Gasteiger partial charge in [0.05, 0.1) is 6.07 Å². The van der Waals surface area contributed by atoms with E-state index in [9.17, 15) is 0 Å². The summed E-state index contributed by atoms with van der Waals surface area (Å²) in [5, 5.41) is 20.6. The van der Waals surface area contributed by atoms with Gasteiger partial charge < -0.3 is 10.4 Å². The van der Waals surface area contributed by atoms with Crippen LogP contribution in [0.3, 0.4) is 0 Å². The first-order chi connectivity index (χ1) is 5.74. The number of nitrogens with zero attached hydrogens (tertiary/aromatic N) is 1. The number of thioether (sulfide) groups is 1. The molecule has 0 saturated carbocycles. The van der Waals surface area contributed by atoms with Crippen molar-refractivity contribution in [2.45, 2.75) is 24.6 Å². The molecule has 0 heterocycles. The molecule has 0 radical (unpaired) electrons. The fourth-order valence-corrected chi connectivity index (χ4v) is 1.75. The molecule has 2 N–H and O–H groups in total. The zero-order valence-electron chi connectivity index (χ0n) is 7.58. The highest BCUT2D eigenvalue weighted by Crippen LogP contribution is 2.14. The summed E-state index contributed by atoms with van der Waals surface area (Å²) in [5.41, 5.74) is 0. The minimum Gasteiger partial charge on any atom is -0.396 e. The standard InChI is InChI=1S/C8H16N2OS/c1-7(3-4-11)12-6-8(5-9)10-2/h7-8,10-11H,3-4,6H2,1-2H3. The van der Waals surface area contributed by atoms with Crippen LogP contribution in [0.15, 0.2) is 0 Å². The first-order valence-corrected chi connectivity index (χ1v) is 5.08. The Hall–Kier alpha value is -0.240. The van der Waals surface area contributed by atoms with Gasteiger partial charge in [-0.25, -0.2) is 0 Å². The van der Waals surface area contributed by atoms with E-state index in [1.165, 1.54) is 0 Å². The second kappa shape index (κ2) is 7.41. The van der Waals surface area contributed by atoms with Gasteiger partial charge >= 0.3 is 0 Å². The predicted molar refractivity (Wildman–Crippen MR) is 52.1 cm³/mol. The number of hydrogen-bond acceptors (Lipinski definition) is 4. The van der Waals surface area contributed by atoms with Gasteiger partial charge in [0.2, 0.25) is 0 Å². The average molecular weight is 188 g/mol. The van der Waals surface area contributed by atoms with Crippen LogP contribution in [0.25, 0.3) is 0 Å². The molecule has 0 aromatic heterocycles. The van der Waals surface area contributed by atoms with Crippen LogP contribution >= 0.6 is 11.8 Å². The lowest BCUT2D eigenvalue weighted by Gasteiger charge is -2.11. The van der Waals surface area contributed by atoms with Crippen molar-refractivity contribution in [2.75, 3.05) is 19.4 Å². The van der Waals surface area contributed by atoms with Gasteiger partial charge in [0.15, 0.2) is 0 Å². The molecule has 0 bridgehead atoms. The van der Waals surface area contributed by atoms with Gasteiger partial charge in [-0.1, -0.05) is 6.92 Å². The van der Waals surface area contributed by atoms with Gasteiger partial charge in [-0.15, -0.1) is 0 Å². The van der Waals surface area contributed by atoms with Crippen LogP contribution in [-0.2, 0) is 0 Å². The van der Waals surface area contributed by atoms with Crippen LogP contribution in [0.2, 0.25) is 0 Å². The van der Waals surface area contributed by atoms with Gasteiger partial charge in [0.25, 0.3) is 0 Å². The number of aliphatic hydroxyl groups excluding tert-OH is 1. The highest BCUT2D eigenvalue weighted by molar-refractivity contribution is 7.99. The van der Waals surface area contributed by atoms with Gasteiger partial charge in [-0.2, -0.15) is 17.0 Å². The Morgan fingerprint density at radius 3 is 2.75 bits per heavy atom. The Morgan fingerprint density at radius 1 is 1.67 bits per heavy atom. The highest BCUT2D eigenvalue weighted by Gasteiger charge is 2.07. The van der Waals surface area contributed by atoms with E-state index in [1.54, 1.807) is 18.8 Å². The SMILES string of the molecule is CNC(C#N)CSC(C)CCO. The number of hydrogen-bond donors (Lipinski definition) is 2. The van der Waals surface area contributed by atoms with E-state index in [4.69, 9.17) is 10.4 Å². The second-order valence-corrected chi connectivity index (χ2v) is 4.10. The molecule has 0 rings (SSSR count). The molecule has 0 aliphatic rings. The number of nitriles is 1. The van der Waals surface area contributed by atoms with Gasteiger partial charge in [0.1, 0.15) is 6.04 Å².